The van der Waals surface area contributed by atoms with Gasteiger partial charge in [0.2, 0.25) is 17.7 Å². The third-order valence-electron chi connectivity index (χ3n) is 9.71. The van der Waals surface area contributed by atoms with E-state index in [0.29, 0.717) is 22.5 Å². The molecule has 7 aromatic heterocycles. The number of hydrogen-bond acceptors (Lipinski definition) is 21. The van der Waals surface area contributed by atoms with Crippen LogP contribution in [0.4, 0.5) is 29.1 Å². The molecule has 476 valence electrons. The number of terminal acetylenes is 1. The number of halogens is 2. The fourth-order valence-electron chi connectivity index (χ4n) is 6.35. The Morgan fingerprint density at radius 3 is 1.38 bits per heavy atom. The number of esters is 2. The van der Waals surface area contributed by atoms with Crippen LogP contribution in [0.3, 0.4) is 0 Å². The Morgan fingerprint density at radius 1 is 0.640 bits per heavy atom. The number of nitriles is 1. The Balaban J connectivity index is -0.000000462. The molecule has 3 amide bonds. The normalized spacial score (nSPS) is 8.88. The molecule has 0 aliphatic carbocycles. The van der Waals surface area contributed by atoms with Gasteiger partial charge in [0.05, 0.1) is 77.5 Å². The van der Waals surface area contributed by atoms with Crippen LogP contribution in [-0.4, -0.2) is 104 Å². The van der Waals surface area contributed by atoms with Crippen molar-refractivity contribution in [1.29, 1.82) is 5.26 Å². The van der Waals surface area contributed by atoms with E-state index in [0.717, 1.165) is 82.6 Å². The summed E-state index contributed by atoms with van der Waals surface area (Å²) in [5.41, 5.74) is 19.6. The van der Waals surface area contributed by atoms with Crippen molar-refractivity contribution in [3.8, 4) is 42.1 Å². The summed E-state index contributed by atoms with van der Waals surface area (Å²) < 4.78 is 14.9. The molecule has 7 aromatic rings. The summed E-state index contributed by atoms with van der Waals surface area (Å²) in [6, 6.07) is 5.37. The first kappa shape index (κ1) is 86.5. The molecular formula is C56H78ClIN21NaO9. The SMILES string of the molecule is C#CC.CC#Cc1c(C)nn(C)c1N.CC#Cc1c(C)nn(C)c1NC(C)=O.CC(=O)CC#N.CC(=O)Nc1c(I)c(C)nn1C.CC(=O)Nc1cc(C)nn1C.CC(=O)OC(C)=O.Cc1cc(N)n(C)n1.Cc1nnc2c(c(C)nn2C)c1Cl.O=N[O-].[Na+]. The van der Waals surface area contributed by atoms with E-state index < -0.39 is 11.9 Å². The molecule has 7 N–H and O–H groups in total. The van der Waals surface area contributed by atoms with E-state index in [-0.39, 0.29) is 59.5 Å². The molecule has 7 heterocycles. The molecule has 0 spiro atoms. The Kier molecular flexibility index (Phi) is 44.0. The number of ether oxygens (including phenoxy) is 1. The van der Waals surface area contributed by atoms with Crippen molar-refractivity contribution < 1.29 is 63.1 Å². The average molecular weight is 1370 g/mol. The number of nitrogens with one attached hydrogen (secondary N) is 3. The molecule has 0 aromatic carbocycles. The molecule has 30 nitrogen and oxygen atoms in total. The minimum absolute atomic E-state index is 0. The summed E-state index contributed by atoms with van der Waals surface area (Å²) >= 11 is 8.25. The van der Waals surface area contributed by atoms with Crippen LogP contribution in [0, 0.1) is 110 Å². The number of carbonyl (C=O) groups is 6. The quantitative estimate of drug-likeness (QED) is 0.0314. The molecule has 0 saturated carbocycles. The number of rotatable bonds is 4. The van der Waals surface area contributed by atoms with Crippen molar-refractivity contribution in [3.05, 3.63) is 81.8 Å². The van der Waals surface area contributed by atoms with Crippen LogP contribution >= 0.6 is 34.2 Å². The Bertz CT molecular complexity index is 3670. The molecule has 0 radical (unpaired) electrons. The van der Waals surface area contributed by atoms with Crippen molar-refractivity contribution in [3.63, 3.8) is 0 Å². The Hall–Kier alpha value is -8.99. The first-order valence-electron chi connectivity index (χ1n) is 25.5. The molecule has 0 aliphatic rings. The zero-order valence-electron chi connectivity index (χ0n) is 54.7. The number of aromatic nitrogens is 14. The topological polar surface area (TPSA) is 409 Å². The maximum atomic E-state index is 10.9. The van der Waals surface area contributed by atoms with Gasteiger partial charge in [0.25, 0.3) is 0 Å². The molecule has 0 aliphatic heterocycles. The van der Waals surface area contributed by atoms with Gasteiger partial charge in [-0.1, -0.05) is 23.4 Å². The number of nitrogens with zero attached hydrogens (tertiary/aromatic N) is 16. The van der Waals surface area contributed by atoms with Crippen LogP contribution in [0.1, 0.15) is 120 Å². The Morgan fingerprint density at radius 2 is 1.06 bits per heavy atom. The van der Waals surface area contributed by atoms with Crippen molar-refractivity contribution >= 4 is 110 Å². The van der Waals surface area contributed by atoms with Crippen molar-refractivity contribution in [2.75, 3.05) is 27.4 Å². The maximum Gasteiger partial charge on any atom is 1.00 e. The van der Waals surface area contributed by atoms with E-state index in [2.05, 4.69) is 120 Å². The standard InChI is InChI=1S/C10H13N3O.C8H9ClN4.C8H11N3.C7H10IN3O.C7H11N3O.C5H9N3.C4H5NO.C4H6O3.C3H4.HNO2.Na/c1-5-6-9-7(2)12-13(4)10(9)11-8(3)14;1-4-6-7(9)5(2)10-11-8(6)13(3)12-4;1-4-5-7-6(2)10-11(3)8(7)9;1-4-6(8)7(9-5(2)12)11(3)10-4;1-5-4-7(8-6(2)11)10(3)9-5;1-4-3-5(6)8(2)7-4;1-4(6)2-3-5;1-3(5)7-4(2)6;1-3-2;2-1-3;/h1-4H3,(H,11,14);1-3H3;9H2,1-3H3;1-3H3,(H,9,12);4H,1-3H3,(H,8,11);3H,6H2,1-2H3;2H2,1H3;1-2H3;1H,2H3;(H,2,3);/q;;;;;;;;;;+1/p-1. The molecule has 0 bridgehead atoms. The van der Waals surface area contributed by atoms with Gasteiger partial charge in [-0.2, -0.15) is 41.0 Å². The van der Waals surface area contributed by atoms with E-state index in [1.54, 1.807) is 76.1 Å². The van der Waals surface area contributed by atoms with Crippen molar-refractivity contribution in [2.24, 2.45) is 47.6 Å². The monoisotopic (exact) mass is 1370 g/mol. The summed E-state index contributed by atoms with van der Waals surface area (Å²) in [4.78, 5) is 69.8. The number of nitrogen functional groups attached to an aromatic ring is 2. The minimum atomic E-state index is -0.562. The van der Waals surface area contributed by atoms with Gasteiger partial charge in [-0.05, 0) is 98.8 Å². The van der Waals surface area contributed by atoms with Crippen molar-refractivity contribution in [1.82, 2.24) is 68.9 Å². The number of aryl methyl sites for hydroxylation is 13. The first-order valence-corrected chi connectivity index (χ1v) is 27.0. The number of amides is 3. The van der Waals surface area contributed by atoms with E-state index in [4.69, 9.17) is 38.4 Å². The van der Waals surface area contributed by atoms with E-state index in [9.17, 15) is 28.8 Å². The summed E-state index contributed by atoms with van der Waals surface area (Å²) in [5.74, 6) is 15.7. The maximum absolute atomic E-state index is 10.9. The van der Waals surface area contributed by atoms with Gasteiger partial charge in [0, 0.05) is 89.0 Å². The minimum Gasteiger partial charge on any atom is -0.444 e. The molecule has 0 saturated heterocycles. The predicted octanol–water partition coefficient (Wildman–Crippen LogP) is 4.14. The second kappa shape index (κ2) is 45.3. The number of Topliss-reactive ketones (excluding diaryl/α,β-unsaturated/α-hetero) is 1. The van der Waals surface area contributed by atoms with E-state index in [1.807, 2.05) is 81.7 Å². The predicted molar refractivity (Wildman–Crippen MR) is 347 cm³/mol. The number of anilines is 5. The number of hydrogen-bond donors (Lipinski definition) is 5. The van der Waals surface area contributed by atoms with E-state index >= 15 is 0 Å². The van der Waals surface area contributed by atoms with Gasteiger partial charge in [-0.25, -0.2) is 4.68 Å². The largest absolute Gasteiger partial charge is 1.00 e. The molecule has 0 unspecified atom stereocenters. The zero-order chi connectivity index (χ0) is 68.9. The molecule has 7 rings (SSSR count). The van der Waals surface area contributed by atoms with Crippen LogP contribution in [0.15, 0.2) is 17.5 Å². The van der Waals surface area contributed by atoms with Crippen LogP contribution in [0.25, 0.3) is 11.0 Å². The molecular weight excluding hydrogens is 1300 g/mol. The van der Waals surface area contributed by atoms with Crippen LogP contribution in [-0.2, 0) is 75.8 Å². The molecule has 89 heavy (non-hydrogen) atoms. The third kappa shape index (κ3) is 34.2. The second-order valence-corrected chi connectivity index (χ2v) is 19.1. The fourth-order valence-corrected chi connectivity index (χ4v) is 7.20. The van der Waals surface area contributed by atoms with Gasteiger partial charge in [0.15, 0.2) is 5.65 Å². The number of nitrogens with two attached hydrogens (primary N) is 2. The number of fused-ring (bicyclic) bond motifs is 1. The van der Waals surface area contributed by atoms with Gasteiger partial charge in [0.1, 0.15) is 34.9 Å². The summed E-state index contributed by atoms with van der Waals surface area (Å²) in [5, 5.41) is 59.1. The van der Waals surface area contributed by atoms with Crippen molar-refractivity contribution in [2.45, 2.75) is 117 Å². The first-order chi connectivity index (χ1) is 40.9. The average Bonchev–Trinajstić information content (AvgIpc) is 2.28. The molecule has 33 heteroatoms. The number of ketones is 1. The summed E-state index contributed by atoms with van der Waals surface area (Å²) in [6.45, 7) is 26.6. The van der Waals surface area contributed by atoms with Crippen LogP contribution < -0.4 is 57.0 Å². The summed E-state index contributed by atoms with van der Waals surface area (Å²) in [7, 11) is 10.8. The van der Waals surface area contributed by atoms with E-state index in [1.165, 1.54) is 41.5 Å². The van der Waals surface area contributed by atoms with Crippen LogP contribution in [0.5, 0.6) is 0 Å². The van der Waals surface area contributed by atoms with Gasteiger partial charge >= 0.3 is 41.5 Å². The van der Waals surface area contributed by atoms with Gasteiger partial charge < -0.3 is 42.3 Å². The Labute approximate surface area is 559 Å². The fraction of sp³-hybridized carbons (Fsp3) is 0.411. The second-order valence-electron chi connectivity index (χ2n) is 17.7. The summed E-state index contributed by atoms with van der Waals surface area (Å²) in [6.07, 6.45) is 4.64. The number of carbonyl (C=O) groups excluding carboxylic acids is 6. The van der Waals surface area contributed by atoms with Gasteiger partial charge in [-0.15, -0.1) is 34.6 Å². The van der Waals surface area contributed by atoms with Crippen LogP contribution in [0.2, 0.25) is 5.02 Å². The molecule has 0 atom stereocenters. The molecule has 0 fully saturated rings. The van der Waals surface area contributed by atoms with Gasteiger partial charge in [-0.3, -0.25) is 52.2 Å². The zero-order valence-corrected chi connectivity index (χ0v) is 59.6. The smallest absolute Gasteiger partial charge is 0.444 e. The third-order valence-corrected chi connectivity index (χ3v) is 11.5.